The summed E-state index contributed by atoms with van der Waals surface area (Å²) in [5, 5.41) is 4.15. The van der Waals surface area contributed by atoms with E-state index in [2.05, 4.69) is 53.7 Å². The number of thiophene rings is 1. The number of nitrogens with one attached hydrogen (secondary N) is 1. The van der Waals surface area contributed by atoms with Crippen molar-refractivity contribution in [3.8, 4) is 0 Å². The first kappa shape index (κ1) is 22.1. The number of morpholine rings is 1. The van der Waals surface area contributed by atoms with Crippen LogP contribution in [-0.2, 0) is 11.2 Å². The second kappa shape index (κ2) is 10.5. The van der Waals surface area contributed by atoms with Crippen LogP contribution in [0.5, 0.6) is 0 Å². The minimum absolute atomic E-state index is 0.0650. The Morgan fingerprint density at radius 1 is 1.13 bits per heavy atom. The van der Waals surface area contributed by atoms with Crippen molar-refractivity contribution in [3.63, 3.8) is 0 Å². The third-order valence-corrected chi connectivity index (χ3v) is 7.51. The molecule has 1 aromatic heterocycles. The van der Waals surface area contributed by atoms with E-state index in [1.54, 1.807) is 23.1 Å². The molecule has 2 heterocycles. The Hall–Kier alpha value is -2.12. The van der Waals surface area contributed by atoms with Gasteiger partial charge in [-0.1, -0.05) is 37.3 Å². The molecule has 0 bridgehead atoms. The van der Waals surface area contributed by atoms with Gasteiger partial charge < -0.3 is 10.1 Å². The SMILES string of the molecule is CCc1cc([C@@H](c2ccc(SC)cc2)N2CCOCC2)c(NC(=O)c2ccccc2)s1. The standard InChI is InChI=1S/C25H28N2O2S2/c1-3-20-17-22(25(31-20)26-24(28)19-7-5-4-6-8-19)23(27-13-15-29-16-14-27)18-9-11-21(30-2)12-10-18/h4-12,17,23H,3,13-16H2,1-2H3,(H,26,28)/t23-/m1/s1. The Labute approximate surface area is 192 Å². The van der Waals surface area contributed by atoms with Crippen LogP contribution in [0.4, 0.5) is 5.00 Å². The summed E-state index contributed by atoms with van der Waals surface area (Å²) in [5.74, 6) is -0.0650. The summed E-state index contributed by atoms with van der Waals surface area (Å²) in [7, 11) is 0. The van der Waals surface area contributed by atoms with Crippen molar-refractivity contribution >= 4 is 34.0 Å². The zero-order valence-corrected chi connectivity index (χ0v) is 19.6. The van der Waals surface area contributed by atoms with Crippen molar-refractivity contribution in [2.24, 2.45) is 0 Å². The average molecular weight is 453 g/mol. The molecule has 3 aromatic rings. The van der Waals surface area contributed by atoms with Gasteiger partial charge in [0.15, 0.2) is 0 Å². The van der Waals surface area contributed by atoms with Crippen LogP contribution in [0.15, 0.2) is 65.6 Å². The van der Waals surface area contributed by atoms with Crippen LogP contribution in [0.1, 0.15) is 39.3 Å². The molecule has 0 unspecified atom stereocenters. The number of carbonyl (C=O) groups excluding carboxylic acids is 1. The number of hydrogen-bond donors (Lipinski definition) is 1. The number of amides is 1. The van der Waals surface area contributed by atoms with Crippen molar-refractivity contribution in [1.29, 1.82) is 0 Å². The summed E-state index contributed by atoms with van der Waals surface area (Å²) in [6.07, 6.45) is 3.04. The Morgan fingerprint density at radius 3 is 2.48 bits per heavy atom. The predicted molar refractivity (Wildman–Crippen MR) is 131 cm³/mol. The first-order valence-electron chi connectivity index (χ1n) is 10.6. The molecule has 0 aliphatic carbocycles. The fourth-order valence-corrected chi connectivity index (χ4v) is 5.34. The zero-order valence-electron chi connectivity index (χ0n) is 18.0. The molecule has 1 aliphatic rings. The summed E-state index contributed by atoms with van der Waals surface area (Å²) < 4.78 is 5.63. The summed E-state index contributed by atoms with van der Waals surface area (Å²) in [4.78, 5) is 17.9. The number of aryl methyl sites for hydroxylation is 1. The van der Waals surface area contributed by atoms with Gasteiger partial charge in [-0.3, -0.25) is 9.69 Å². The molecule has 1 aliphatic heterocycles. The third kappa shape index (κ3) is 5.21. The first-order valence-corrected chi connectivity index (χ1v) is 12.7. The third-order valence-electron chi connectivity index (χ3n) is 5.56. The molecule has 6 heteroatoms. The molecule has 1 saturated heterocycles. The number of anilines is 1. The summed E-state index contributed by atoms with van der Waals surface area (Å²) >= 11 is 3.43. The van der Waals surface area contributed by atoms with Crippen LogP contribution in [0, 0.1) is 0 Å². The van der Waals surface area contributed by atoms with Crippen molar-refractivity contribution in [2.45, 2.75) is 24.3 Å². The van der Waals surface area contributed by atoms with Gasteiger partial charge in [0.1, 0.15) is 5.00 Å². The highest BCUT2D eigenvalue weighted by Gasteiger charge is 2.28. The number of carbonyl (C=O) groups is 1. The van der Waals surface area contributed by atoms with E-state index in [9.17, 15) is 4.79 Å². The van der Waals surface area contributed by atoms with Gasteiger partial charge in [-0.2, -0.15) is 0 Å². The van der Waals surface area contributed by atoms with Gasteiger partial charge >= 0.3 is 0 Å². The van der Waals surface area contributed by atoms with Crippen molar-refractivity contribution in [3.05, 3.63) is 82.2 Å². The molecule has 2 aromatic carbocycles. The van der Waals surface area contributed by atoms with Crippen LogP contribution in [0.3, 0.4) is 0 Å². The van der Waals surface area contributed by atoms with Crippen LogP contribution in [0.25, 0.3) is 0 Å². The summed E-state index contributed by atoms with van der Waals surface area (Å²) in [6, 6.07) is 20.6. The van der Waals surface area contributed by atoms with E-state index < -0.39 is 0 Å². The minimum atomic E-state index is -0.0650. The molecule has 0 spiro atoms. The molecule has 4 rings (SSSR count). The van der Waals surface area contributed by atoms with Gasteiger partial charge in [0, 0.05) is 34.0 Å². The van der Waals surface area contributed by atoms with Crippen LogP contribution in [-0.4, -0.2) is 43.4 Å². The van der Waals surface area contributed by atoms with E-state index in [1.807, 2.05) is 30.3 Å². The maximum atomic E-state index is 12.9. The molecular formula is C25H28N2O2S2. The van der Waals surface area contributed by atoms with E-state index in [0.717, 1.165) is 37.7 Å². The lowest BCUT2D eigenvalue weighted by Gasteiger charge is -2.35. The van der Waals surface area contributed by atoms with Gasteiger partial charge in [0.25, 0.3) is 5.91 Å². The number of ether oxygens (including phenoxy) is 1. The molecule has 0 radical (unpaired) electrons. The lowest BCUT2D eigenvalue weighted by molar-refractivity contribution is 0.0241. The van der Waals surface area contributed by atoms with E-state index in [4.69, 9.17) is 4.74 Å². The number of rotatable bonds is 7. The Morgan fingerprint density at radius 2 is 1.84 bits per heavy atom. The Kier molecular flexibility index (Phi) is 7.45. The first-order chi connectivity index (χ1) is 15.2. The fraction of sp³-hybridized carbons (Fsp3) is 0.320. The van der Waals surface area contributed by atoms with Crippen molar-refractivity contribution < 1.29 is 9.53 Å². The fourth-order valence-electron chi connectivity index (χ4n) is 3.91. The lowest BCUT2D eigenvalue weighted by atomic mass is 9.97. The van der Waals surface area contributed by atoms with E-state index in [0.29, 0.717) is 5.56 Å². The van der Waals surface area contributed by atoms with E-state index in [-0.39, 0.29) is 11.9 Å². The van der Waals surface area contributed by atoms with Gasteiger partial charge in [0.05, 0.1) is 19.3 Å². The van der Waals surface area contributed by atoms with E-state index in [1.165, 1.54) is 20.9 Å². The number of thioether (sulfide) groups is 1. The average Bonchev–Trinajstić information content (AvgIpc) is 3.23. The number of nitrogens with zero attached hydrogens (tertiary/aromatic N) is 1. The quantitative estimate of drug-likeness (QED) is 0.467. The smallest absolute Gasteiger partial charge is 0.256 e. The van der Waals surface area contributed by atoms with Gasteiger partial charge in [-0.15, -0.1) is 23.1 Å². The zero-order chi connectivity index (χ0) is 21.6. The molecule has 1 atom stereocenters. The molecule has 1 N–H and O–H groups in total. The summed E-state index contributed by atoms with van der Waals surface area (Å²) in [5.41, 5.74) is 3.09. The van der Waals surface area contributed by atoms with Crippen LogP contribution < -0.4 is 5.32 Å². The Balaban J connectivity index is 1.72. The van der Waals surface area contributed by atoms with Gasteiger partial charge in [-0.25, -0.2) is 0 Å². The summed E-state index contributed by atoms with van der Waals surface area (Å²) in [6.45, 7) is 5.37. The predicted octanol–water partition coefficient (Wildman–Crippen LogP) is 5.71. The minimum Gasteiger partial charge on any atom is -0.379 e. The van der Waals surface area contributed by atoms with Gasteiger partial charge in [-0.05, 0) is 48.6 Å². The molecule has 1 fully saturated rings. The highest BCUT2D eigenvalue weighted by Crippen LogP contribution is 2.40. The normalized spacial score (nSPS) is 15.5. The molecule has 162 valence electrons. The highest BCUT2D eigenvalue weighted by molar-refractivity contribution is 7.98. The second-order valence-electron chi connectivity index (χ2n) is 7.49. The van der Waals surface area contributed by atoms with Crippen LogP contribution >= 0.6 is 23.1 Å². The lowest BCUT2D eigenvalue weighted by Crippen LogP contribution is -2.39. The number of benzene rings is 2. The maximum absolute atomic E-state index is 12.9. The molecule has 4 nitrogen and oxygen atoms in total. The topological polar surface area (TPSA) is 41.6 Å². The highest BCUT2D eigenvalue weighted by atomic mass is 32.2. The largest absolute Gasteiger partial charge is 0.379 e. The molecular weight excluding hydrogens is 424 g/mol. The monoisotopic (exact) mass is 452 g/mol. The van der Waals surface area contributed by atoms with E-state index >= 15 is 0 Å². The maximum Gasteiger partial charge on any atom is 0.256 e. The Bertz CT molecular complexity index is 996. The van der Waals surface area contributed by atoms with Gasteiger partial charge in [0.2, 0.25) is 0 Å². The van der Waals surface area contributed by atoms with Crippen molar-refractivity contribution in [2.75, 3.05) is 37.9 Å². The van der Waals surface area contributed by atoms with Crippen LogP contribution in [0.2, 0.25) is 0 Å². The molecule has 31 heavy (non-hydrogen) atoms. The van der Waals surface area contributed by atoms with Crippen molar-refractivity contribution in [1.82, 2.24) is 4.90 Å². The number of hydrogen-bond acceptors (Lipinski definition) is 5. The molecule has 0 saturated carbocycles. The molecule has 1 amide bonds. The second-order valence-corrected chi connectivity index (χ2v) is 9.51.